The Kier molecular flexibility index (Phi) is 4.58. The van der Waals surface area contributed by atoms with Crippen LogP contribution in [0.4, 0.5) is 0 Å². The second kappa shape index (κ2) is 6.48. The third-order valence-corrected chi connectivity index (χ3v) is 4.75. The average Bonchev–Trinajstić information content (AvgIpc) is 2.53. The number of allylic oxidation sites excluding steroid dienone is 1. The van der Waals surface area contributed by atoms with Crippen LogP contribution in [0.3, 0.4) is 0 Å². The predicted octanol–water partition coefficient (Wildman–Crippen LogP) is 4.08. The first kappa shape index (κ1) is 16.3. The minimum Gasteiger partial charge on any atom is -0.361 e. The van der Waals surface area contributed by atoms with Crippen LogP contribution in [0.15, 0.2) is 42.0 Å². The summed E-state index contributed by atoms with van der Waals surface area (Å²) < 4.78 is 6.04. The fraction of sp³-hybridized carbons (Fsp3) is 0.550. The van der Waals surface area contributed by atoms with Crippen molar-refractivity contribution in [2.24, 2.45) is 0 Å². The Morgan fingerprint density at radius 3 is 2.52 bits per heavy atom. The molecule has 0 spiro atoms. The SMILES string of the molecule is CC(C)(C)N1C(=O)[C@@H](OCc2ccccc2)[C@H]1C1=CCCCC1. The van der Waals surface area contributed by atoms with Gasteiger partial charge < -0.3 is 9.64 Å². The van der Waals surface area contributed by atoms with E-state index < -0.39 is 0 Å². The minimum atomic E-state index is -0.321. The van der Waals surface area contributed by atoms with Crippen LogP contribution in [-0.2, 0) is 16.1 Å². The molecule has 1 aliphatic carbocycles. The predicted molar refractivity (Wildman–Crippen MR) is 92.0 cm³/mol. The van der Waals surface area contributed by atoms with Crippen molar-refractivity contribution in [2.45, 2.75) is 70.7 Å². The van der Waals surface area contributed by atoms with Crippen molar-refractivity contribution >= 4 is 5.91 Å². The zero-order valence-electron chi connectivity index (χ0n) is 14.4. The highest BCUT2D eigenvalue weighted by molar-refractivity contribution is 5.90. The molecule has 1 amide bonds. The number of likely N-dealkylation sites (tertiary alicyclic amines) is 1. The van der Waals surface area contributed by atoms with Crippen LogP contribution in [-0.4, -0.2) is 28.5 Å². The molecule has 1 fully saturated rings. The van der Waals surface area contributed by atoms with Gasteiger partial charge in [0.25, 0.3) is 5.91 Å². The fourth-order valence-corrected chi connectivity index (χ4v) is 3.62. The highest BCUT2D eigenvalue weighted by Gasteiger charge is 2.53. The van der Waals surface area contributed by atoms with E-state index >= 15 is 0 Å². The Morgan fingerprint density at radius 2 is 1.91 bits per heavy atom. The lowest BCUT2D eigenvalue weighted by molar-refractivity contribution is -0.182. The first-order valence-electron chi connectivity index (χ1n) is 8.66. The Balaban J connectivity index is 1.75. The van der Waals surface area contributed by atoms with Gasteiger partial charge in [0.05, 0.1) is 12.6 Å². The van der Waals surface area contributed by atoms with Gasteiger partial charge >= 0.3 is 0 Å². The monoisotopic (exact) mass is 313 g/mol. The molecule has 23 heavy (non-hydrogen) atoms. The summed E-state index contributed by atoms with van der Waals surface area (Å²) in [7, 11) is 0. The summed E-state index contributed by atoms with van der Waals surface area (Å²) in [6, 6.07) is 10.2. The van der Waals surface area contributed by atoms with Crippen molar-refractivity contribution in [2.75, 3.05) is 0 Å². The molecule has 0 saturated carbocycles. The molecule has 1 aromatic carbocycles. The first-order chi connectivity index (χ1) is 11.0. The quantitative estimate of drug-likeness (QED) is 0.619. The number of β-lactam (4-membered cyclic amide) rings is 1. The molecule has 0 unspecified atom stereocenters. The van der Waals surface area contributed by atoms with E-state index in [1.807, 2.05) is 35.2 Å². The van der Waals surface area contributed by atoms with Crippen LogP contribution in [0.5, 0.6) is 0 Å². The second-order valence-corrected chi connectivity index (χ2v) is 7.57. The molecule has 124 valence electrons. The second-order valence-electron chi connectivity index (χ2n) is 7.57. The molecular formula is C20H27NO2. The van der Waals surface area contributed by atoms with E-state index in [0.717, 1.165) is 18.4 Å². The van der Waals surface area contributed by atoms with Crippen molar-refractivity contribution in [1.82, 2.24) is 4.90 Å². The van der Waals surface area contributed by atoms with E-state index in [0.29, 0.717) is 6.61 Å². The molecule has 0 bridgehead atoms. The fourth-order valence-electron chi connectivity index (χ4n) is 3.62. The molecule has 0 N–H and O–H groups in total. The number of rotatable bonds is 4. The van der Waals surface area contributed by atoms with Gasteiger partial charge in [0.15, 0.2) is 6.10 Å². The maximum Gasteiger partial charge on any atom is 0.255 e. The number of benzene rings is 1. The molecule has 3 heteroatoms. The highest BCUT2D eigenvalue weighted by Crippen LogP contribution is 2.38. The smallest absolute Gasteiger partial charge is 0.255 e. The third-order valence-electron chi connectivity index (χ3n) is 4.75. The Morgan fingerprint density at radius 1 is 1.17 bits per heavy atom. The average molecular weight is 313 g/mol. The standard InChI is InChI=1S/C20H27NO2/c1-20(2,3)21-17(16-12-8-5-9-13-16)18(19(21)22)23-14-15-10-6-4-7-11-15/h4,6-7,10-12,17-18H,5,8-9,13-14H2,1-3H3/t17-,18+/m1/s1. The molecule has 2 aliphatic rings. The van der Waals surface area contributed by atoms with Gasteiger partial charge in [-0.2, -0.15) is 0 Å². The summed E-state index contributed by atoms with van der Waals surface area (Å²) >= 11 is 0. The van der Waals surface area contributed by atoms with Crippen molar-refractivity contribution in [1.29, 1.82) is 0 Å². The number of carbonyl (C=O) groups is 1. The van der Waals surface area contributed by atoms with Gasteiger partial charge in [0.1, 0.15) is 0 Å². The van der Waals surface area contributed by atoms with Gasteiger partial charge in [-0.25, -0.2) is 0 Å². The maximum atomic E-state index is 12.7. The minimum absolute atomic E-state index is 0.117. The molecule has 0 radical (unpaired) electrons. The van der Waals surface area contributed by atoms with E-state index in [1.165, 1.54) is 18.4 Å². The highest BCUT2D eigenvalue weighted by atomic mass is 16.5. The van der Waals surface area contributed by atoms with Crippen LogP contribution in [0, 0.1) is 0 Å². The van der Waals surface area contributed by atoms with E-state index in [-0.39, 0.29) is 23.6 Å². The van der Waals surface area contributed by atoms with E-state index in [4.69, 9.17) is 4.74 Å². The van der Waals surface area contributed by atoms with Crippen LogP contribution >= 0.6 is 0 Å². The van der Waals surface area contributed by atoms with Gasteiger partial charge in [0, 0.05) is 5.54 Å². The van der Waals surface area contributed by atoms with Crippen LogP contribution in [0.2, 0.25) is 0 Å². The van der Waals surface area contributed by atoms with E-state index in [2.05, 4.69) is 26.8 Å². The summed E-state index contributed by atoms with van der Waals surface area (Å²) in [6.07, 6.45) is 6.71. The van der Waals surface area contributed by atoms with Gasteiger partial charge in [-0.05, 0) is 57.6 Å². The zero-order valence-corrected chi connectivity index (χ0v) is 14.4. The molecule has 3 nitrogen and oxygen atoms in total. The summed E-state index contributed by atoms with van der Waals surface area (Å²) in [5.74, 6) is 0.130. The molecule has 1 saturated heterocycles. The van der Waals surface area contributed by atoms with Crippen molar-refractivity contribution in [3.63, 3.8) is 0 Å². The molecule has 0 aromatic heterocycles. The summed E-state index contributed by atoms with van der Waals surface area (Å²) in [4.78, 5) is 14.7. The van der Waals surface area contributed by atoms with E-state index in [1.54, 1.807) is 0 Å². The van der Waals surface area contributed by atoms with Crippen LogP contribution < -0.4 is 0 Å². The summed E-state index contributed by atoms with van der Waals surface area (Å²) in [5.41, 5.74) is 2.35. The van der Waals surface area contributed by atoms with Crippen molar-refractivity contribution < 1.29 is 9.53 Å². The Bertz CT molecular complexity index is 585. The summed E-state index contributed by atoms with van der Waals surface area (Å²) in [6.45, 7) is 6.82. The number of carbonyl (C=O) groups excluding carboxylic acids is 1. The number of amides is 1. The molecule has 3 rings (SSSR count). The zero-order chi connectivity index (χ0) is 16.4. The Labute approximate surface area is 139 Å². The lowest BCUT2D eigenvalue weighted by atomic mass is 9.81. The molecule has 1 aromatic rings. The van der Waals surface area contributed by atoms with E-state index in [9.17, 15) is 4.79 Å². The normalized spacial score (nSPS) is 25.1. The van der Waals surface area contributed by atoms with Gasteiger partial charge in [-0.15, -0.1) is 0 Å². The molecule has 1 heterocycles. The molecule has 1 aliphatic heterocycles. The van der Waals surface area contributed by atoms with Crippen LogP contribution in [0.25, 0.3) is 0 Å². The lowest BCUT2D eigenvalue weighted by Gasteiger charge is -2.54. The van der Waals surface area contributed by atoms with Crippen molar-refractivity contribution in [3.05, 3.63) is 47.5 Å². The molecular weight excluding hydrogens is 286 g/mol. The van der Waals surface area contributed by atoms with Gasteiger partial charge in [0.2, 0.25) is 0 Å². The topological polar surface area (TPSA) is 29.5 Å². The number of hydrogen-bond donors (Lipinski definition) is 0. The number of nitrogens with zero attached hydrogens (tertiary/aromatic N) is 1. The summed E-state index contributed by atoms with van der Waals surface area (Å²) in [5, 5.41) is 0. The van der Waals surface area contributed by atoms with Crippen molar-refractivity contribution in [3.8, 4) is 0 Å². The molecule has 2 atom stereocenters. The van der Waals surface area contributed by atoms with Gasteiger partial charge in [-0.1, -0.05) is 36.4 Å². The Hall–Kier alpha value is -1.61. The number of hydrogen-bond acceptors (Lipinski definition) is 2. The largest absolute Gasteiger partial charge is 0.361 e. The first-order valence-corrected chi connectivity index (χ1v) is 8.66. The third kappa shape index (κ3) is 3.35. The lowest BCUT2D eigenvalue weighted by Crippen LogP contribution is -2.71. The van der Waals surface area contributed by atoms with Gasteiger partial charge in [-0.3, -0.25) is 4.79 Å². The maximum absolute atomic E-state index is 12.7. The van der Waals surface area contributed by atoms with Crippen LogP contribution in [0.1, 0.15) is 52.0 Å². The number of ether oxygens (including phenoxy) is 1.